The molecule has 4 nitrogen and oxygen atoms in total. The van der Waals surface area contributed by atoms with Gasteiger partial charge in [-0.05, 0) is 12.3 Å². The predicted octanol–water partition coefficient (Wildman–Crippen LogP) is 1.44. The first-order chi connectivity index (χ1) is 7.24. The molecule has 86 valence electrons. The number of hydrogen-bond donors (Lipinski definition) is 1. The molecule has 0 aliphatic rings. The van der Waals surface area contributed by atoms with Crippen LogP contribution in [0.3, 0.4) is 0 Å². The van der Waals surface area contributed by atoms with Crippen LogP contribution in [0.15, 0.2) is 12.5 Å². The molecule has 0 aliphatic carbocycles. The fourth-order valence-electron chi connectivity index (χ4n) is 1.34. The van der Waals surface area contributed by atoms with Gasteiger partial charge in [0.2, 0.25) is 0 Å². The van der Waals surface area contributed by atoms with Crippen LogP contribution in [0.1, 0.15) is 26.0 Å². The third-order valence-electron chi connectivity index (χ3n) is 2.10. The Hall–Kier alpha value is -0.870. The Kier molecular flexibility index (Phi) is 5.36. The van der Waals surface area contributed by atoms with Gasteiger partial charge in [0.25, 0.3) is 0 Å². The van der Waals surface area contributed by atoms with Crippen molar-refractivity contribution in [3.63, 3.8) is 0 Å². The summed E-state index contributed by atoms with van der Waals surface area (Å²) in [4.78, 5) is 3.98. The van der Waals surface area contributed by atoms with Gasteiger partial charge in [-0.25, -0.2) is 4.98 Å². The van der Waals surface area contributed by atoms with Crippen LogP contribution in [0, 0.1) is 5.92 Å². The van der Waals surface area contributed by atoms with E-state index in [0.29, 0.717) is 5.92 Å². The van der Waals surface area contributed by atoms with Crippen molar-refractivity contribution in [2.75, 3.05) is 13.2 Å². The summed E-state index contributed by atoms with van der Waals surface area (Å²) in [5, 5.41) is 8.99. The van der Waals surface area contributed by atoms with Crippen LogP contribution in [0.25, 0.3) is 0 Å². The number of nitrogens with zero attached hydrogens (tertiary/aromatic N) is 2. The molecule has 1 heterocycles. The van der Waals surface area contributed by atoms with Gasteiger partial charge in [0.1, 0.15) is 0 Å². The number of imidazole rings is 1. The average molecular weight is 212 g/mol. The first kappa shape index (κ1) is 12.2. The van der Waals surface area contributed by atoms with Gasteiger partial charge in [-0.1, -0.05) is 13.8 Å². The molecule has 1 N–H and O–H groups in total. The van der Waals surface area contributed by atoms with E-state index in [4.69, 9.17) is 9.84 Å². The molecule has 0 unspecified atom stereocenters. The molecule has 0 atom stereocenters. The van der Waals surface area contributed by atoms with E-state index in [1.165, 1.54) is 0 Å². The highest BCUT2D eigenvalue weighted by molar-refractivity contribution is 4.95. The predicted molar refractivity (Wildman–Crippen MR) is 58.4 cm³/mol. The van der Waals surface area contributed by atoms with Crippen LogP contribution in [0.5, 0.6) is 0 Å². The molecule has 15 heavy (non-hydrogen) atoms. The topological polar surface area (TPSA) is 47.3 Å². The number of aliphatic hydroxyl groups excluding tert-OH is 1. The molecular formula is C11H20N2O2. The average Bonchev–Trinajstić information content (AvgIpc) is 2.64. The number of hydrogen-bond acceptors (Lipinski definition) is 3. The fourth-order valence-corrected chi connectivity index (χ4v) is 1.34. The number of rotatable bonds is 7. The Morgan fingerprint density at radius 3 is 3.00 bits per heavy atom. The van der Waals surface area contributed by atoms with E-state index in [1.807, 2.05) is 4.57 Å². The Morgan fingerprint density at radius 2 is 2.33 bits per heavy atom. The molecule has 0 spiro atoms. The van der Waals surface area contributed by atoms with Crippen molar-refractivity contribution in [2.45, 2.75) is 33.4 Å². The highest BCUT2D eigenvalue weighted by Gasteiger charge is 2.00. The molecular weight excluding hydrogens is 192 g/mol. The summed E-state index contributed by atoms with van der Waals surface area (Å²) in [5.41, 5.74) is 0.860. The van der Waals surface area contributed by atoms with Gasteiger partial charge < -0.3 is 14.4 Å². The summed E-state index contributed by atoms with van der Waals surface area (Å²) in [6.45, 7) is 6.76. The molecule has 0 saturated carbocycles. The van der Waals surface area contributed by atoms with Gasteiger partial charge in [0.15, 0.2) is 0 Å². The van der Waals surface area contributed by atoms with Crippen molar-refractivity contribution in [3.8, 4) is 0 Å². The first-order valence-corrected chi connectivity index (χ1v) is 5.41. The van der Waals surface area contributed by atoms with E-state index in [-0.39, 0.29) is 6.61 Å². The fraction of sp³-hybridized carbons (Fsp3) is 0.727. The summed E-state index contributed by atoms with van der Waals surface area (Å²) in [5.74, 6) is 0.589. The van der Waals surface area contributed by atoms with Crippen molar-refractivity contribution in [1.29, 1.82) is 0 Å². The van der Waals surface area contributed by atoms with Gasteiger partial charge in [-0.2, -0.15) is 0 Å². The Bertz CT molecular complexity index is 271. The van der Waals surface area contributed by atoms with E-state index in [1.54, 1.807) is 12.5 Å². The third-order valence-corrected chi connectivity index (χ3v) is 2.10. The maximum absolute atomic E-state index is 8.99. The van der Waals surface area contributed by atoms with Gasteiger partial charge in [0.05, 0.1) is 24.8 Å². The normalized spacial score (nSPS) is 11.2. The van der Waals surface area contributed by atoms with E-state index >= 15 is 0 Å². The summed E-state index contributed by atoms with van der Waals surface area (Å²) in [6, 6.07) is 0. The largest absolute Gasteiger partial charge is 0.390 e. The second kappa shape index (κ2) is 6.58. The molecule has 0 aromatic carbocycles. The second-order valence-electron chi connectivity index (χ2n) is 4.06. The van der Waals surface area contributed by atoms with Crippen LogP contribution in [0.4, 0.5) is 0 Å². The van der Waals surface area contributed by atoms with Gasteiger partial charge >= 0.3 is 0 Å². The van der Waals surface area contributed by atoms with E-state index < -0.39 is 0 Å². The van der Waals surface area contributed by atoms with Crippen LogP contribution in [0.2, 0.25) is 0 Å². The van der Waals surface area contributed by atoms with E-state index in [2.05, 4.69) is 18.8 Å². The number of ether oxygens (including phenoxy) is 1. The summed E-state index contributed by atoms with van der Waals surface area (Å²) in [7, 11) is 0. The lowest BCUT2D eigenvalue weighted by Gasteiger charge is -2.08. The quantitative estimate of drug-likeness (QED) is 0.696. The number of aryl methyl sites for hydroxylation is 1. The number of aromatic nitrogens is 2. The molecule has 0 bridgehead atoms. The lowest BCUT2D eigenvalue weighted by molar-refractivity contribution is 0.105. The smallest absolute Gasteiger partial charge is 0.0948 e. The molecule has 0 amide bonds. The van der Waals surface area contributed by atoms with Crippen molar-refractivity contribution in [3.05, 3.63) is 18.2 Å². The van der Waals surface area contributed by atoms with Crippen LogP contribution >= 0.6 is 0 Å². The molecule has 4 heteroatoms. The highest BCUT2D eigenvalue weighted by Crippen LogP contribution is 2.01. The first-order valence-electron chi connectivity index (χ1n) is 5.41. The lowest BCUT2D eigenvalue weighted by Crippen LogP contribution is -2.07. The summed E-state index contributed by atoms with van der Waals surface area (Å²) >= 11 is 0. The molecule has 1 aromatic rings. The minimum Gasteiger partial charge on any atom is -0.390 e. The Balaban J connectivity index is 2.15. The zero-order chi connectivity index (χ0) is 11.1. The van der Waals surface area contributed by atoms with Crippen molar-refractivity contribution in [2.24, 2.45) is 5.92 Å². The third kappa shape index (κ3) is 4.44. The molecule has 0 saturated heterocycles. The van der Waals surface area contributed by atoms with Gasteiger partial charge in [-0.15, -0.1) is 0 Å². The summed E-state index contributed by atoms with van der Waals surface area (Å²) in [6.07, 6.45) is 4.39. The van der Waals surface area contributed by atoms with Crippen LogP contribution in [-0.4, -0.2) is 27.9 Å². The minimum absolute atomic E-state index is 0.0485. The SMILES string of the molecule is CC(C)COCCCn1cncc1CO. The second-order valence-corrected chi connectivity index (χ2v) is 4.06. The van der Waals surface area contributed by atoms with Crippen molar-refractivity contribution < 1.29 is 9.84 Å². The highest BCUT2D eigenvalue weighted by atomic mass is 16.5. The Morgan fingerprint density at radius 1 is 1.53 bits per heavy atom. The van der Waals surface area contributed by atoms with E-state index in [0.717, 1.165) is 31.9 Å². The Labute approximate surface area is 90.9 Å². The zero-order valence-corrected chi connectivity index (χ0v) is 9.52. The number of aliphatic hydroxyl groups is 1. The van der Waals surface area contributed by atoms with Gasteiger partial charge in [-0.3, -0.25) is 0 Å². The zero-order valence-electron chi connectivity index (χ0n) is 9.52. The maximum Gasteiger partial charge on any atom is 0.0948 e. The monoisotopic (exact) mass is 212 g/mol. The van der Waals surface area contributed by atoms with Gasteiger partial charge in [0, 0.05) is 19.8 Å². The molecule has 0 aliphatic heterocycles. The molecule has 1 rings (SSSR count). The maximum atomic E-state index is 8.99. The minimum atomic E-state index is 0.0485. The van der Waals surface area contributed by atoms with Crippen LogP contribution < -0.4 is 0 Å². The van der Waals surface area contributed by atoms with Crippen LogP contribution in [-0.2, 0) is 17.9 Å². The molecule has 0 fully saturated rings. The standard InChI is InChI=1S/C11H20N2O2/c1-10(2)8-15-5-3-4-13-9-12-6-11(13)7-14/h6,9-10,14H,3-5,7-8H2,1-2H3. The van der Waals surface area contributed by atoms with Crippen molar-refractivity contribution >= 4 is 0 Å². The molecule has 1 aromatic heterocycles. The van der Waals surface area contributed by atoms with Crippen molar-refractivity contribution in [1.82, 2.24) is 9.55 Å². The summed E-state index contributed by atoms with van der Waals surface area (Å²) < 4.78 is 7.43. The van der Waals surface area contributed by atoms with E-state index in [9.17, 15) is 0 Å². The molecule has 0 radical (unpaired) electrons. The lowest BCUT2D eigenvalue weighted by atomic mass is 10.2.